The van der Waals surface area contributed by atoms with Crippen molar-refractivity contribution in [2.24, 2.45) is 5.73 Å². The third kappa shape index (κ3) is 4.94. The summed E-state index contributed by atoms with van der Waals surface area (Å²) < 4.78 is 5.13. The van der Waals surface area contributed by atoms with Gasteiger partial charge in [0.25, 0.3) is 0 Å². The zero-order valence-electron chi connectivity index (χ0n) is 14.1. The Morgan fingerprint density at radius 3 is 2.46 bits per heavy atom. The predicted octanol–water partition coefficient (Wildman–Crippen LogP) is 2.13. The average molecular weight is 329 g/mol. The number of benzene rings is 1. The van der Waals surface area contributed by atoms with Crippen LogP contribution in [0.15, 0.2) is 34.9 Å². The lowest BCUT2D eigenvalue weighted by Gasteiger charge is -2.22. The van der Waals surface area contributed by atoms with Crippen LogP contribution < -0.4 is 5.73 Å². The fraction of sp³-hybridized carbons (Fsp3) is 0.389. The molecule has 0 aliphatic rings. The number of nitrogens with zero attached hydrogens (tertiary/aromatic N) is 2. The topological polar surface area (TPSA) is 89.4 Å². The number of hydrogen-bond donors (Lipinski definition) is 1. The second-order valence-electron chi connectivity index (χ2n) is 5.82. The summed E-state index contributed by atoms with van der Waals surface area (Å²) in [5, 5.41) is 3.91. The van der Waals surface area contributed by atoms with Gasteiger partial charge in [0.05, 0.1) is 5.69 Å². The molecule has 0 spiro atoms. The number of hydrogen-bond acceptors (Lipinski definition) is 4. The zero-order chi connectivity index (χ0) is 17.5. The maximum absolute atomic E-state index is 12.6. The van der Waals surface area contributed by atoms with Crippen molar-refractivity contribution in [3.8, 4) is 0 Å². The highest BCUT2D eigenvalue weighted by Gasteiger charge is 2.17. The first-order valence-corrected chi connectivity index (χ1v) is 7.99. The number of amides is 2. The SMILES string of the molecule is Cc1noc(C)c1CCC(=O)N(CCC(N)=O)Cc1ccccc1. The minimum Gasteiger partial charge on any atom is -0.370 e. The number of aromatic nitrogens is 1. The molecule has 0 saturated heterocycles. The first kappa shape index (κ1) is 17.7. The van der Waals surface area contributed by atoms with Crippen molar-refractivity contribution < 1.29 is 14.1 Å². The van der Waals surface area contributed by atoms with Gasteiger partial charge in [-0.15, -0.1) is 0 Å². The van der Waals surface area contributed by atoms with Gasteiger partial charge in [0.1, 0.15) is 5.76 Å². The van der Waals surface area contributed by atoms with Crippen LogP contribution in [-0.4, -0.2) is 28.4 Å². The average Bonchev–Trinajstić information content (AvgIpc) is 2.88. The maximum atomic E-state index is 12.6. The van der Waals surface area contributed by atoms with Gasteiger partial charge in [0.15, 0.2) is 0 Å². The molecule has 0 bridgehead atoms. The van der Waals surface area contributed by atoms with E-state index in [1.54, 1.807) is 4.90 Å². The molecular formula is C18H23N3O3. The van der Waals surface area contributed by atoms with Gasteiger partial charge in [-0.3, -0.25) is 9.59 Å². The smallest absolute Gasteiger partial charge is 0.223 e. The lowest BCUT2D eigenvalue weighted by atomic mass is 10.1. The fourth-order valence-corrected chi connectivity index (χ4v) is 2.59. The molecule has 1 aromatic carbocycles. The standard InChI is InChI=1S/C18H23N3O3/c1-13-16(14(2)24-20-13)8-9-18(23)21(11-10-17(19)22)12-15-6-4-3-5-7-15/h3-7H,8-12H2,1-2H3,(H2,19,22). The minimum absolute atomic E-state index is 0.0138. The van der Waals surface area contributed by atoms with E-state index >= 15 is 0 Å². The summed E-state index contributed by atoms with van der Waals surface area (Å²) in [6.07, 6.45) is 1.07. The van der Waals surface area contributed by atoms with Crippen LogP contribution in [0.1, 0.15) is 35.4 Å². The Morgan fingerprint density at radius 2 is 1.88 bits per heavy atom. The van der Waals surface area contributed by atoms with E-state index in [-0.39, 0.29) is 12.3 Å². The predicted molar refractivity (Wildman–Crippen MR) is 90.0 cm³/mol. The molecule has 1 aromatic heterocycles. The first-order valence-electron chi connectivity index (χ1n) is 7.99. The maximum Gasteiger partial charge on any atom is 0.223 e. The number of nitrogens with two attached hydrogens (primary N) is 1. The van der Waals surface area contributed by atoms with E-state index in [1.165, 1.54) is 0 Å². The van der Waals surface area contributed by atoms with Gasteiger partial charge in [-0.2, -0.15) is 0 Å². The Balaban J connectivity index is 2.01. The molecule has 0 fully saturated rings. The number of rotatable bonds is 8. The quantitative estimate of drug-likeness (QED) is 0.803. The van der Waals surface area contributed by atoms with E-state index in [4.69, 9.17) is 10.3 Å². The molecule has 0 aliphatic carbocycles. The van der Waals surface area contributed by atoms with Crippen LogP contribution in [0.2, 0.25) is 0 Å². The van der Waals surface area contributed by atoms with Crippen LogP contribution in [0.3, 0.4) is 0 Å². The van der Waals surface area contributed by atoms with Crippen LogP contribution in [-0.2, 0) is 22.6 Å². The van der Waals surface area contributed by atoms with Gasteiger partial charge in [0, 0.05) is 31.5 Å². The molecule has 2 N–H and O–H groups in total. The molecule has 0 radical (unpaired) electrons. The van der Waals surface area contributed by atoms with Crippen molar-refractivity contribution in [3.05, 3.63) is 52.9 Å². The summed E-state index contributed by atoms with van der Waals surface area (Å²) in [7, 11) is 0. The Hall–Kier alpha value is -2.63. The van der Waals surface area contributed by atoms with Crippen LogP contribution in [0.5, 0.6) is 0 Å². The van der Waals surface area contributed by atoms with Gasteiger partial charge in [-0.1, -0.05) is 35.5 Å². The third-order valence-corrected chi connectivity index (χ3v) is 3.97. The highest BCUT2D eigenvalue weighted by molar-refractivity contribution is 5.78. The number of primary amides is 1. The molecular weight excluding hydrogens is 306 g/mol. The van der Waals surface area contributed by atoms with Crippen LogP contribution in [0.25, 0.3) is 0 Å². The number of carbonyl (C=O) groups excluding carboxylic acids is 2. The number of carbonyl (C=O) groups is 2. The second-order valence-corrected chi connectivity index (χ2v) is 5.82. The highest BCUT2D eigenvalue weighted by atomic mass is 16.5. The zero-order valence-corrected chi connectivity index (χ0v) is 14.1. The Bertz CT molecular complexity index is 675. The lowest BCUT2D eigenvalue weighted by molar-refractivity contribution is -0.132. The van der Waals surface area contributed by atoms with Crippen molar-refractivity contribution in [1.82, 2.24) is 10.1 Å². The van der Waals surface area contributed by atoms with Crippen molar-refractivity contribution in [1.29, 1.82) is 0 Å². The molecule has 0 saturated carbocycles. The summed E-state index contributed by atoms with van der Waals surface area (Å²) in [6.45, 7) is 4.50. The van der Waals surface area contributed by atoms with Crippen LogP contribution in [0.4, 0.5) is 0 Å². The molecule has 24 heavy (non-hydrogen) atoms. The Kier molecular flexibility index (Phi) is 6.12. The second kappa shape index (κ2) is 8.29. The van der Waals surface area contributed by atoms with Gasteiger partial charge < -0.3 is 15.2 Å². The minimum atomic E-state index is -0.411. The fourth-order valence-electron chi connectivity index (χ4n) is 2.59. The van der Waals surface area contributed by atoms with Crippen molar-refractivity contribution in [2.75, 3.05) is 6.54 Å². The van der Waals surface area contributed by atoms with Gasteiger partial charge >= 0.3 is 0 Å². The molecule has 1 heterocycles. The van der Waals surface area contributed by atoms with Crippen molar-refractivity contribution in [3.63, 3.8) is 0 Å². The summed E-state index contributed by atoms with van der Waals surface area (Å²) in [5.74, 6) is 0.318. The Morgan fingerprint density at radius 1 is 1.17 bits per heavy atom. The van der Waals surface area contributed by atoms with E-state index in [1.807, 2.05) is 44.2 Å². The molecule has 2 amide bonds. The van der Waals surface area contributed by atoms with Crippen LogP contribution in [0, 0.1) is 13.8 Å². The normalized spacial score (nSPS) is 10.6. The molecule has 6 nitrogen and oxygen atoms in total. The highest BCUT2D eigenvalue weighted by Crippen LogP contribution is 2.16. The van der Waals surface area contributed by atoms with Gasteiger partial charge in [0.2, 0.25) is 11.8 Å². The molecule has 0 unspecified atom stereocenters. The third-order valence-electron chi connectivity index (χ3n) is 3.97. The summed E-state index contributed by atoms with van der Waals surface area (Å²) in [6, 6.07) is 9.69. The molecule has 0 atom stereocenters. The molecule has 6 heteroatoms. The van der Waals surface area contributed by atoms with E-state index in [2.05, 4.69) is 5.16 Å². The van der Waals surface area contributed by atoms with E-state index < -0.39 is 5.91 Å². The largest absolute Gasteiger partial charge is 0.370 e. The van der Waals surface area contributed by atoms with Crippen molar-refractivity contribution in [2.45, 2.75) is 39.7 Å². The van der Waals surface area contributed by atoms with E-state index in [0.717, 1.165) is 22.6 Å². The summed E-state index contributed by atoms with van der Waals surface area (Å²) >= 11 is 0. The van der Waals surface area contributed by atoms with E-state index in [0.29, 0.717) is 25.9 Å². The summed E-state index contributed by atoms with van der Waals surface area (Å²) in [4.78, 5) is 25.4. The first-order chi connectivity index (χ1) is 11.5. The van der Waals surface area contributed by atoms with Gasteiger partial charge in [-0.05, 0) is 25.8 Å². The molecule has 128 valence electrons. The lowest BCUT2D eigenvalue weighted by Crippen LogP contribution is -2.33. The monoisotopic (exact) mass is 329 g/mol. The molecule has 0 aliphatic heterocycles. The van der Waals surface area contributed by atoms with Crippen molar-refractivity contribution >= 4 is 11.8 Å². The van der Waals surface area contributed by atoms with Gasteiger partial charge in [-0.25, -0.2) is 0 Å². The van der Waals surface area contributed by atoms with Crippen LogP contribution >= 0.6 is 0 Å². The Labute approximate surface area is 141 Å². The van der Waals surface area contributed by atoms with E-state index in [9.17, 15) is 9.59 Å². The summed E-state index contributed by atoms with van der Waals surface area (Å²) in [5.41, 5.74) is 8.03. The molecule has 2 rings (SSSR count). The molecule has 2 aromatic rings. The number of aryl methyl sites for hydroxylation is 2.